The van der Waals surface area contributed by atoms with Crippen LogP contribution in [0.5, 0.6) is 0 Å². The van der Waals surface area contributed by atoms with E-state index in [0.717, 1.165) is 18.8 Å². The van der Waals surface area contributed by atoms with Crippen LogP contribution in [0.3, 0.4) is 0 Å². The predicted molar refractivity (Wildman–Crippen MR) is 68.0 cm³/mol. The van der Waals surface area contributed by atoms with Crippen LogP contribution in [0.15, 0.2) is 24.3 Å². The first-order valence-corrected chi connectivity index (χ1v) is 5.83. The van der Waals surface area contributed by atoms with Crippen LogP contribution < -0.4 is 11.1 Å². The van der Waals surface area contributed by atoms with Crippen LogP contribution in [-0.2, 0) is 0 Å². The standard InChI is InChI=1S/C14H18N2/c1-2-14(12-4-3-9-16-10-12)11-5-7-13(15)8-6-11/h1,5-8,12,14,16H,3-4,9-10,15H2. The number of hydrogen-bond donors (Lipinski definition) is 2. The molecule has 0 spiro atoms. The highest BCUT2D eigenvalue weighted by molar-refractivity contribution is 5.42. The molecule has 1 aliphatic rings. The minimum atomic E-state index is 0.216. The van der Waals surface area contributed by atoms with Crippen molar-refractivity contribution in [3.05, 3.63) is 29.8 Å². The molecule has 0 radical (unpaired) electrons. The summed E-state index contributed by atoms with van der Waals surface area (Å²) in [5, 5.41) is 3.41. The van der Waals surface area contributed by atoms with Gasteiger partial charge in [-0.25, -0.2) is 0 Å². The number of terminal acetylenes is 1. The summed E-state index contributed by atoms with van der Waals surface area (Å²) in [4.78, 5) is 0. The Morgan fingerprint density at radius 3 is 2.69 bits per heavy atom. The Kier molecular flexibility index (Phi) is 3.48. The van der Waals surface area contributed by atoms with Gasteiger partial charge in [-0.1, -0.05) is 18.1 Å². The van der Waals surface area contributed by atoms with Gasteiger partial charge in [0.2, 0.25) is 0 Å². The maximum absolute atomic E-state index is 5.68. The molecule has 0 aliphatic carbocycles. The van der Waals surface area contributed by atoms with Crippen LogP contribution in [0.2, 0.25) is 0 Å². The first kappa shape index (κ1) is 11.0. The molecule has 1 fully saturated rings. The molecule has 1 heterocycles. The summed E-state index contributed by atoms with van der Waals surface area (Å²) >= 11 is 0. The van der Waals surface area contributed by atoms with E-state index >= 15 is 0 Å². The minimum Gasteiger partial charge on any atom is -0.399 e. The second-order valence-corrected chi connectivity index (χ2v) is 4.42. The predicted octanol–water partition coefficient (Wildman–Crippen LogP) is 1.99. The fraction of sp³-hybridized carbons (Fsp3) is 0.429. The zero-order chi connectivity index (χ0) is 11.4. The van der Waals surface area contributed by atoms with E-state index in [4.69, 9.17) is 12.2 Å². The van der Waals surface area contributed by atoms with Crippen LogP contribution in [-0.4, -0.2) is 13.1 Å². The van der Waals surface area contributed by atoms with E-state index in [1.807, 2.05) is 12.1 Å². The highest BCUT2D eigenvalue weighted by Crippen LogP contribution is 2.29. The summed E-state index contributed by atoms with van der Waals surface area (Å²) in [5.41, 5.74) is 7.69. The second-order valence-electron chi connectivity index (χ2n) is 4.42. The van der Waals surface area contributed by atoms with Gasteiger partial charge in [0.05, 0.1) is 0 Å². The van der Waals surface area contributed by atoms with Gasteiger partial charge >= 0.3 is 0 Å². The van der Waals surface area contributed by atoms with Crippen LogP contribution in [0, 0.1) is 18.3 Å². The number of anilines is 1. The van der Waals surface area contributed by atoms with Gasteiger partial charge in [-0.15, -0.1) is 6.42 Å². The summed E-state index contributed by atoms with van der Waals surface area (Å²) in [7, 11) is 0. The number of piperidine rings is 1. The molecular formula is C14H18N2. The summed E-state index contributed by atoms with van der Waals surface area (Å²) in [6.07, 6.45) is 8.10. The number of hydrogen-bond acceptors (Lipinski definition) is 2. The van der Waals surface area contributed by atoms with Gasteiger partial charge < -0.3 is 11.1 Å². The van der Waals surface area contributed by atoms with E-state index in [0.29, 0.717) is 5.92 Å². The molecule has 2 nitrogen and oxygen atoms in total. The van der Waals surface area contributed by atoms with Crippen LogP contribution in [0.25, 0.3) is 0 Å². The van der Waals surface area contributed by atoms with Gasteiger partial charge in [0.25, 0.3) is 0 Å². The number of nitrogens with two attached hydrogens (primary N) is 1. The summed E-state index contributed by atoms with van der Waals surface area (Å²) in [6, 6.07) is 7.95. The molecule has 84 valence electrons. The van der Waals surface area contributed by atoms with E-state index in [2.05, 4.69) is 23.4 Å². The van der Waals surface area contributed by atoms with Crippen molar-refractivity contribution in [3.8, 4) is 12.3 Å². The molecule has 1 saturated heterocycles. The first-order valence-electron chi connectivity index (χ1n) is 5.83. The molecule has 2 unspecified atom stereocenters. The Labute approximate surface area is 97.2 Å². The maximum atomic E-state index is 5.68. The summed E-state index contributed by atoms with van der Waals surface area (Å²) < 4.78 is 0. The highest BCUT2D eigenvalue weighted by Gasteiger charge is 2.22. The fourth-order valence-electron chi connectivity index (χ4n) is 2.37. The van der Waals surface area contributed by atoms with Crippen molar-refractivity contribution in [2.24, 2.45) is 5.92 Å². The number of nitrogens with one attached hydrogen (secondary N) is 1. The zero-order valence-corrected chi connectivity index (χ0v) is 9.45. The molecule has 2 rings (SSSR count). The Morgan fingerprint density at radius 2 is 2.12 bits per heavy atom. The molecule has 3 N–H and O–H groups in total. The smallest absolute Gasteiger partial charge is 0.0489 e. The normalized spacial score (nSPS) is 22.3. The largest absolute Gasteiger partial charge is 0.399 e. The molecule has 1 aromatic carbocycles. The molecule has 1 aromatic rings. The van der Waals surface area contributed by atoms with Gasteiger partial charge in [0, 0.05) is 11.6 Å². The Bertz CT molecular complexity index is 369. The molecule has 16 heavy (non-hydrogen) atoms. The molecular weight excluding hydrogens is 196 g/mol. The molecule has 0 saturated carbocycles. The average molecular weight is 214 g/mol. The van der Waals surface area contributed by atoms with Crippen molar-refractivity contribution < 1.29 is 0 Å². The van der Waals surface area contributed by atoms with E-state index in [1.54, 1.807) is 0 Å². The third kappa shape index (κ3) is 2.37. The van der Waals surface area contributed by atoms with Crippen molar-refractivity contribution in [1.82, 2.24) is 5.32 Å². The van der Waals surface area contributed by atoms with E-state index in [1.165, 1.54) is 18.4 Å². The second kappa shape index (κ2) is 5.05. The number of rotatable bonds is 2. The van der Waals surface area contributed by atoms with Crippen molar-refractivity contribution in [3.63, 3.8) is 0 Å². The van der Waals surface area contributed by atoms with E-state index < -0.39 is 0 Å². The topological polar surface area (TPSA) is 38.0 Å². The number of benzene rings is 1. The summed E-state index contributed by atoms with van der Waals surface area (Å²) in [5.74, 6) is 3.70. The van der Waals surface area contributed by atoms with Crippen LogP contribution in [0.4, 0.5) is 5.69 Å². The first-order chi connectivity index (χ1) is 7.81. The van der Waals surface area contributed by atoms with Crippen molar-refractivity contribution >= 4 is 5.69 Å². The van der Waals surface area contributed by atoms with Gasteiger partial charge in [-0.05, 0) is 49.5 Å². The van der Waals surface area contributed by atoms with Crippen molar-refractivity contribution in [1.29, 1.82) is 0 Å². The van der Waals surface area contributed by atoms with Gasteiger partial charge in [-0.2, -0.15) is 0 Å². The third-order valence-electron chi connectivity index (χ3n) is 3.28. The van der Waals surface area contributed by atoms with Gasteiger partial charge in [0.1, 0.15) is 0 Å². The molecule has 0 aromatic heterocycles. The SMILES string of the molecule is C#CC(c1ccc(N)cc1)C1CCCNC1. The molecule has 0 amide bonds. The van der Waals surface area contributed by atoms with Crippen molar-refractivity contribution in [2.75, 3.05) is 18.8 Å². The highest BCUT2D eigenvalue weighted by atomic mass is 14.9. The lowest BCUT2D eigenvalue weighted by Gasteiger charge is -2.28. The molecule has 2 heteroatoms. The lowest BCUT2D eigenvalue weighted by molar-refractivity contribution is 0.356. The Morgan fingerprint density at radius 1 is 1.38 bits per heavy atom. The fourth-order valence-corrected chi connectivity index (χ4v) is 2.37. The minimum absolute atomic E-state index is 0.216. The van der Waals surface area contributed by atoms with Crippen LogP contribution in [0.1, 0.15) is 24.3 Å². The lowest BCUT2D eigenvalue weighted by Crippen LogP contribution is -2.32. The summed E-state index contributed by atoms with van der Waals surface area (Å²) in [6.45, 7) is 2.15. The third-order valence-corrected chi connectivity index (χ3v) is 3.28. The molecule has 0 bridgehead atoms. The van der Waals surface area contributed by atoms with Crippen LogP contribution >= 0.6 is 0 Å². The maximum Gasteiger partial charge on any atom is 0.0489 e. The monoisotopic (exact) mass is 214 g/mol. The lowest BCUT2D eigenvalue weighted by atomic mass is 9.82. The number of nitrogen functional groups attached to an aromatic ring is 1. The molecule has 2 atom stereocenters. The Balaban J connectivity index is 2.15. The Hall–Kier alpha value is -1.46. The quantitative estimate of drug-likeness (QED) is 0.583. The van der Waals surface area contributed by atoms with Gasteiger partial charge in [0.15, 0.2) is 0 Å². The van der Waals surface area contributed by atoms with Crippen molar-refractivity contribution in [2.45, 2.75) is 18.8 Å². The zero-order valence-electron chi connectivity index (χ0n) is 9.45. The van der Waals surface area contributed by atoms with Gasteiger partial charge in [-0.3, -0.25) is 0 Å². The van der Waals surface area contributed by atoms with E-state index in [-0.39, 0.29) is 5.92 Å². The average Bonchev–Trinajstić information content (AvgIpc) is 2.34. The molecule has 1 aliphatic heterocycles. The van der Waals surface area contributed by atoms with E-state index in [9.17, 15) is 0 Å².